The fourth-order valence-corrected chi connectivity index (χ4v) is 0.791. The van der Waals surface area contributed by atoms with Crippen LogP contribution in [0.3, 0.4) is 0 Å². The molecule has 1 nitrogen and oxygen atoms in total. The van der Waals surface area contributed by atoms with E-state index in [4.69, 9.17) is 0 Å². The normalized spacial score (nSPS) is 8.83. The lowest BCUT2D eigenvalue weighted by Crippen LogP contribution is -1.35. The van der Waals surface area contributed by atoms with Gasteiger partial charge in [0.25, 0.3) is 0 Å². The van der Waals surface area contributed by atoms with Crippen molar-refractivity contribution in [2.24, 2.45) is 0 Å². The summed E-state index contributed by atoms with van der Waals surface area (Å²) in [7, 11) is 0. The van der Waals surface area contributed by atoms with E-state index < -0.39 is 0 Å². The first-order valence-corrected chi connectivity index (χ1v) is 2.94. The van der Waals surface area contributed by atoms with Crippen molar-refractivity contribution in [2.75, 3.05) is 0 Å². The van der Waals surface area contributed by atoms with E-state index in [1.54, 1.807) is 6.07 Å². The number of aromatic nitrogens is 1. The van der Waals surface area contributed by atoms with E-state index in [1.165, 1.54) is 11.5 Å². The van der Waals surface area contributed by atoms with Crippen LogP contribution in [0.2, 0.25) is 0 Å². The zero-order valence-electron chi connectivity index (χ0n) is 2.81. The van der Waals surface area contributed by atoms with Gasteiger partial charge in [-0.1, -0.05) is 0 Å². The molecule has 0 aromatic carbocycles. The topological polar surface area (TPSA) is 12.9 Å². The minimum atomic E-state index is 1.03. The van der Waals surface area contributed by atoms with Gasteiger partial charge in [-0.05, 0) is 33.5 Å². The third-order valence-corrected chi connectivity index (χ3v) is 1.52. The summed E-state index contributed by atoms with van der Waals surface area (Å²) < 4.78 is 4.72. The Morgan fingerprint density at radius 1 is 2.00 bits per heavy atom. The molecule has 31 valence electrons. The molecule has 0 N–H and O–H groups in total. The fraction of sp³-hybridized carbons (Fsp3) is 0. The molecule has 0 bridgehead atoms. The van der Waals surface area contributed by atoms with Crippen LogP contribution in [0.5, 0.6) is 0 Å². The van der Waals surface area contributed by atoms with Crippen LogP contribution in [-0.2, 0) is 0 Å². The van der Waals surface area contributed by atoms with Crippen LogP contribution in [0.1, 0.15) is 0 Å². The largest absolute Gasteiger partial charge is 0.190 e. The maximum absolute atomic E-state index is 3.69. The summed E-state index contributed by atoms with van der Waals surface area (Å²) in [6, 6.07) is 1.78. The third-order valence-electron chi connectivity index (χ3n) is 0.364. The van der Waals surface area contributed by atoms with E-state index in [0.717, 1.165) is 3.79 Å². The Balaban J connectivity index is 3.05. The lowest BCUT2D eigenvalue weighted by atomic mass is 10.8. The Morgan fingerprint density at radius 2 is 2.83 bits per heavy atom. The predicted octanol–water partition coefficient (Wildman–Crippen LogP) is 1.71. The molecule has 0 amide bonds. The Morgan fingerprint density at radius 3 is 3.00 bits per heavy atom. The van der Waals surface area contributed by atoms with Gasteiger partial charge in [0.15, 0.2) is 0 Å². The average molecular weight is 163 g/mol. The van der Waals surface area contributed by atoms with Crippen LogP contribution in [0.4, 0.5) is 0 Å². The first kappa shape index (κ1) is 4.27. The minimum absolute atomic E-state index is 1.03. The van der Waals surface area contributed by atoms with Gasteiger partial charge in [0, 0.05) is 0 Å². The van der Waals surface area contributed by atoms with Crippen LogP contribution in [-0.4, -0.2) is 4.37 Å². The molecule has 0 fully saturated rings. The van der Waals surface area contributed by atoms with Crippen molar-refractivity contribution in [3.05, 3.63) is 16.0 Å². The summed E-state index contributed by atoms with van der Waals surface area (Å²) in [4.78, 5) is 0. The van der Waals surface area contributed by atoms with E-state index in [2.05, 4.69) is 26.5 Å². The molecule has 1 aromatic heterocycles. The van der Waals surface area contributed by atoms with Gasteiger partial charge in [-0.2, -0.15) is 4.37 Å². The van der Waals surface area contributed by atoms with Gasteiger partial charge in [-0.3, -0.25) is 0 Å². The number of halogens is 1. The van der Waals surface area contributed by atoms with Gasteiger partial charge in [-0.25, -0.2) is 0 Å². The molecule has 0 saturated heterocycles. The van der Waals surface area contributed by atoms with Crippen LogP contribution in [0.15, 0.2) is 9.85 Å². The van der Waals surface area contributed by atoms with Crippen molar-refractivity contribution >= 4 is 27.5 Å². The molecule has 6 heavy (non-hydrogen) atoms. The summed E-state index contributed by atoms with van der Waals surface area (Å²) in [5, 5.41) is 0. The van der Waals surface area contributed by atoms with Gasteiger partial charge in [-0.15, -0.1) is 0 Å². The highest BCUT2D eigenvalue weighted by atomic mass is 79.9. The molecule has 1 heterocycles. The van der Waals surface area contributed by atoms with Crippen molar-refractivity contribution < 1.29 is 0 Å². The van der Waals surface area contributed by atoms with Crippen LogP contribution >= 0.6 is 27.5 Å². The zero-order chi connectivity index (χ0) is 4.41. The highest BCUT2D eigenvalue weighted by Gasteiger charge is 1.80. The fourth-order valence-electron chi connectivity index (χ4n) is 0.173. The van der Waals surface area contributed by atoms with Gasteiger partial charge in [0.2, 0.25) is 0 Å². The second kappa shape index (κ2) is 1.71. The standard InChI is InChI=1S/C3HBrNS/c4-3-1-2-5-6-3/h1H. The third kappa shape index (κ3) is 0.786. The summed E-state index contributed by atoms with van der Waals surface area (Å²) in [6.45, 7) is 0. The van der Waals surface area contributed by atoms with Crippen molar-refractivity contribution in [1.82, 2.24) is 4.37 Å². The van der Waals surface area contributed by atoms with Gasteiger partial charge in [0.1, 0.15) is 6.20 Å². The van der Waals surface area contributed by atoms with Gasteiger partial charge < -0.3 is 0 Å². The summed E-state index contributed by atoms with van der Waals surface area (Å²) >= 11 is 4.59. The first-order valence-electron chi connectivity index (χ1n) is 1.38. The van der Waals surface area contributed by atoms with Crippen molar-refractivity contribution in [3.63, 3.8) is 0 Å². The molecule has 0 atom stereocenters. The highest BCUT2D eigenvalue weighted by molar-refractivity contribution is 9.11. The Kier molecular flexibility index (Phi) is 1.22. The first-order chi connectivity index (χ1) is 2.89. The van der Waals surface area contributed by atoms with E-state index in [0.29, 0.717) is 0 Å². The summed E-state index contributed by atoms with van der Waals surface area (Å²) in [5.41, 5.74) is 0. The van der Waals surface area contributed by atoms with Gasteiger partial charge in [0.05, 0.1) is 3.79 Å². The molecule has 0 aliphatic heterocycles. The molecule has 1 radical (unpaired) electrons. The Labute approximate surface area is 48.3 Å². The van der Waals surface area contributed by atoms with E-state index in [1.807, 2.05) is 0 Å². The number of nitrogens with zero attached hydrogens (tertiary/aromatic N) is 1. The number of hydrogen-bond acceptors (Lipinski definition) is 2. The van der Waals surface area contributed by atoms with Crippen molar-refractivity contribution in [3.8, 4) is 0 Å². The monoisotopic (exact) mass is 162 g/mol. The molecule has 0 saturated carbocycles. The zero-order valence-corrected chi connectivity index (χ0v) is 5.21. The second-order valence-electron chi connectivity index (χ2n) is 0.760. The Bertz CT molecular complexity index is 114. The maximum Gasteiger partial charge on any atom is 0.105 e. The van der Waals surface area contributed by atoms with Crippen LogP contribution in [0.25, 0.3) is 0 Å². The molecule has 1 aromatic rings. The number of hydrogen-bond donors (Lipinski definition) is 0. The smallest absolute Gasteiger partial charge is 0.105 e. The average Bonchev–Trinajstić information content (AvgIpc) is 1.86. The molecule has 0 unspecified atom stereocenters. The summed E-state index contributed by atoms with van der Waals surface area (Å²) in [5.74, 6) is 0. The quantitative estimate of drug-likeness (QED) is 0.567. The number of rotatable bonds is 0. The minimum Gasteiger partial charge on any atom is -0.190 e. The van der Waals surface area contributed by atoms with Crippen molar-refractivity contribution in [2.45, 2.75) is 0 Å². The second-order valence-corrected chi connectivity index (χ2v) is 2.94. The van der Waals surface area contributed by atoms with Gasteiger partial charge >= 0.3 is 0 Å². The molecule has 3 heteroatoms. The molecule has 1 rings (SSSR count). The highest BCUT2D eigenvalue weighted by Crippen LogP contribution is 2.10. The SMILES string of the molecule is Brc1c[c]ns1. The molecular formula is C3HBrNS. The van der Waals surface area contributed by atoms with Crippen LogP contribution in [0, 0.1) is 6.20 Å². The molecule has 0 aliphatic rings. The lowest BCUT2D eigenvalue weighted by Gasteiger charge is -1.59. The molecule has 0 aliphatic carbocycles. The Hall–Kier alpha value is 0.110. The molecular weight excluding hydrogens is 162 g/mol. The predicted molar refractivity (Wildman–Crippen MR) is 28.6 cm³/mol. The van der Waals surface area contributed by atoms with Crippen LogP contribution < -0.4 is 0 Å². The van der Waals surface area contributed by atoms with E-state index >= 15 is 0 Å². The molecule has 0 spiro atoms. The van der Waals surface area contributed by atoms with E-state index in [9.17, 15) is 0 Å². The lowest BCUT2D eigenvalue weighted by molar-refractivity contribution is 1.56. The summed E-state index contributed by atoms with van der Waals surface area (Å²) in [6.07, 6.45) is 2.65. The maximum atomic E-state index is 3.69. The van der Waals surface area contributed by atoms with Crippen molar-refractivity contribution in [1.29, 1.82) is 0 Å². The van der Waals surface area contributed by atoms with E-state index in [-0.39, 0.29) is 0 Å².